The van der Waals surface area contributed by atoms with E-state index in [1.54, 1.807) is 18.3 Å². The predicted octanol–water partition coefficient (Wildman–Crippen LogP) is 5.80. The molecule has 150 valence electrons. The summed E-state index contributed by atoms with van der Waals surface area (Å²) in [5.41, 5.74) is 1.01. The van der Waals surface area contributed by atoms with Crippen LogP contribution < -0.4 is 0 Å². The molecule has 0 unspecified atom stereocenters. The molecule has 0 saturated heterocycles. The summed E-state index contributed by atoms with van der Waals surface area (Å²) in [7, 11) is 0. The minimum Gasteiger partial charge on any atom is -0.276 e. The van der Waals surface area contributed by atoms with Crippen molar-refractivity contribution in [2.45, 2.75) is 12.7 Å². The molecule has 0 bridgehead atoms. The van der Waals surface area contributed by atoms with E-state index in [0.29, 0.717) is 16.4 Å². The Hall–Kier alpha value is -2.39. The molecule has 0 N–H and O–H groups in total. The number of aromatic nitrogens is 2. The van der Waals surface area contributed by atoms with Gasteiger partial charge in [-0.1, -0.05) is 28.1 Å². The molecule has 0 atom stereocenters. The van der Waals surface area contributed by atoms with Crippen molar-refractivity contribution >= 4 is 57.3 Å². The first-order valence-electron chi connectivity index (χ1n) is 8.35. The van der Waals surface area contributed by atoms with E-state index in [1.807, 2.05) is 24.5 Å². The van der Waals surface area contributed by atoms with Crippen LogP contribution in [-0.4, -0.2) is 28.7 Å². The average Bonchev–Trinajstić information content (AvgIpc) is 3.07. The van der Waals surface area contributed by atoms with Gasteiger partial charge in [-0.2, -0.15) is 18.3 Å². The standard InChI is InChI=1S/C20H15BrF3N3OS/c1-29-17(9-25-12-28)7-13-2-5-19-15(6-13)11-27(26-19)10-14-3-4-16(21)8-18(14)20(22,23)24/h2-9,11-12H,10H2,1H3/b17-7-,25-9?. The first kappa shape index (κ1) is 21.3. The molecule has 29 heavy (non-hydrogen) atoms. The second kappa shape index (κ2) is 8.96. The minimum atomic E-state index is -4.44. The SMILES string of the molecule is CS/C(C=NC=O)=C\c1ccc2nn(Cc3ccc(Br)cc3C(F)(F)F)cc2c1. The van der Waals surface area contributed by atoms with Crippen molar-refractivity contribution < 1.29 is 18.0 Å². The van der Waals surface area contributed by atoms with E-state index < -0.39 is 11.7 Å². The maximum absolute atomic E-state index is 13.3. The van der Waals surface area contributed by atoms with E-state index in [4.69, 9.17) is 0 Å². The fourth-order valence-corrected chi connectivity index (χ4v) is 3.59. The average molecular weight is 482 g/mol. The zero-order valence-corrected chi connectivity index (χ0v) is 17.6. The molecule has 0 aliphatic rings. The first-order valence-corrected chi connectivity index (χ1v) is 10.4. The summed E-state index contributed by atoms with van der Waals surface area (Å²) in [4.78, 5) is 14.8. The van der Waals surface area contributed by atoms with Crippen LogP contribution in [0.5, 0.6) is 0 Å². The normalized spacial score (nSPS) is 12.8. The maximum atomic E-state index is 13.3. The molecule has 4 nitrogen and oxygen atoms in total. The number of thioether (sulfide) groups is 1. The quantitative estimate of drug-likeness (QED) is 0.330. The summed E-state index contributed by atoms with van der Waals surface area (Å²) in [5, 5.41) is 5.19. The Morgan fingerprint density at radius 3 is 2.76 bits per heavy atom. The monoisotopic (exact) mass is 481 g/mol. The zero-order valence-electron chi connectivity index (χ0n) is 15.2. The van der Waals surface area contributed by atoms with Crippen LogP contribution in [0.2, 0.25) is 0 Å². The number of hydrogen-bond acceptors (Lipinski definition) is 3. The van der Waals surface area contributed by atoms with Gasteiger partial charge in [-0.3, -0.25) is 9.48 Å². The minimum absolute atomic E-state index is 0.00400. The van der Waals surface area contributed by atoms with Crippen molar-refractivity contribution in [1.29, 1.82) is 0 Å². The van der Waals surface area contributed by atoms with Gasteiger partial charge in [0.2, 0.25) is 6.41 Å². The van der Waals surface area contributed by atoms with E-state index in [0.717, 1.165) is 21.9 Å². The van der Waals surface area contributed by atoms with Gasteiger partial charge in [0.05, 0.1) is 17.6 Å². The second-order valence-corrected chi connectivity index (χ2v) is 7.87. The highest BCUT2D eigenvalue weighted by molar-refractivity contribution is 9.10. The lowest BCUT2D eigenvalue weighted by Gasteiger charge is -2.13. The highest BCUT2D eigenvalue weighted by Crippen LogP contribution is 2.34. The topological polar surface area (TPSA) is 47.2 Å². The number of rotatable bonds is 6. The number of hydrogen-bond donors (Lipinski definition) is 0. The van der Waals surface area contributed by atoms with Crippen LogP contribution in [0.1, 0.15) is 16.7 Å². The Bertz CT molecular complexity index is 1110. The van der Waals surface area contributed by atoms with Gasteiger partial charge >= 0.3 is 6.18 Å². The van der Waals surface area contributed by atoms with Gasteiger partial charge < -0.3 is 0 Å². The molecular weight excluding hydrogens is 467 g/mol. The van der Waals surface area contributed by atoms with Crippen molar-refractivity contribution in [1.82, 2.24) is 9.78 Å². The van der Waals surface area contributed by atoms with Gasteiger partial charge in [0.15, 0.2) is 0 Å². The molecule has 1 amide bonds. The number of benzene rings is 2. The number of halogens is 4. The molecule has 3 rings (SSSR count). The Labute approximate surface area is 177 Å². The lowest BCUT2D eigenvalue weighted by molar-refractivity contribution is -0.138. The molecule has 3 aromatic rings. The Kier molecular flexibility index (Phi) is 6.59. The Balaban J connectivity index is 1.93. The molecule has 1 aromatic heterocycles. The number of amides is 1. The van der Waals surface area contributed by atoms with Crippen molar-refractivity contribution in [2.75, 3.05) is 6.26 Å². The van der Waals surface area contributed by atoms with Crippen LogP contribution in [0.4, 0.5) is 13.2 Å². The smallest absolute Gasteiger partial charge is 0.276 e. The number of carbonyl (C=O) groups is 1. The third-order valence-corrected chi connectivity index (χ3v) is 5.28. The van der Waals surface area contributed by atoms with E-state index in [2.05, 4.69) is 26.0 Å². The fraction of sp³-hybridized carbons (Fsp3) is 0.150. The van der Waals surface area contributed by atoms with E-state index in [9.17, 15) is 18.0 Å². The van der Waals surface area contributed by atoms with Crippen LogP contribution in [-0.2, 0) is 17.5 Å². The molecule has 0 radical (unpaired) electrons. The number of carbonyl (C=O) groups excluding carboxylic acids is 1. The van der Waals surface area contributed by atoms with E-state index >= 15 is 0 Å². The van der Waals surface area contributed by atoms with Gasteiger partial charge in [0.1, 0.15) is 0 Å². The number of fused-ring (bicyclic) bond motifs is 1. The molecule has 0 fully saturated rings. The molecule has 9 heteroatoms. The van der Waals surface area contributed by atoms with Crippen LogP contribution >= 0.6 is 27.7 Å². The molecular formula is C20H15BrF3N3OS. The highest BCUT2D eigenvalue weighted by atomic mass is 79.9. The van der Waals surface area contributed by atoms with Gasteiger partial charge in [0, 0.05) is 27.2 Å². The fourth-order valence-electron chi connectivity index (χ4n) is 2.81. The molecule has 1 heterocycles. The van der Waals surface area contributed by atoms with Gasteiger partial charge in [0.25, 0.3) is 0 Å². The Morgan fingerprint density at radius 2 is 2.07 bits per heavy atom. The van der Waals surface area contributed by atoms with E-state index in [1.165, 1.54) is 28.7 Å². The first-order chi connectivity index (χ1) is 13.8. The second-order valence-electron chi connectivity index (χ2n) is 6.08. The molecule has 0 aliphatic heterocycles. The number of nitrogens with zero attached hydrogens (tertiary/aromatic N) is 3. The maximum Gasteiger partial charge on any atom is 0.416 e. The zero-order chi connectivity index (χ0) is 21.0. The molecule has 0 aliphatic carbocycles. The molecule has 0 spiro atoms. The van der Waals surface area contributed by atoms with Crippen molar-refractivity contribution in [3.63, 3.8) is 0 Å². The summed E-state index contributed by atoms with van der Waals surface area (Å²) < 4.78 is 41.9. The van der Waals surface area contributed by atoms with Gasteiger partial charge in [-0.25, -0.2) is 4.99 Å². The summed E-state index contributed by atoms with van der Waals surface area (Å²) in [6.07, 6.45) is 2.95. The summed E-state index contributed by atoms with van der Waals surface area (Å²) in [5.74, 6) is 0. The number of aliphatic imine (C=N–C) groups is 1. The number of allylic oxidation sites excluding steroid dienone is 1. The van der Waals surface area contributed by atoms with Crippen molar-refractivity contribution in [3.8, 4) is 0 Å². The third-order valence-electron chi connectivity index (χ3n) is 4.09. The number of alkyl halides is 3. The molecule has 2 aromatic carbocycles. The van der Waals surface area contributed by atoms with Crippen LogP contribution in [0.25, 0.3) is 17.0 Å². The summed E-state index contributed by atoms with van der Waals surface area (Å²) in [6.45, 7) is 0.00400. The molecule has 0 saturated carbocycles. The van der Waals surface area contributed by atoms with Gasteiger partial charge in [-0.05, 0) is 47.7 Å². The largest absolute Gasteiger partial charge is 0.416 e. The highest BCUT2D eigenvalue weighted by Gasteiger charge is 2.33. The Morgan fingerprint density at radius 1 is 1.28 bits per heavy atom. The van der Waals surface area contributed by atoms with Crippen molar-refractivity contribution in [3.05, 3.63) is 68.7 Å². The lowest BCUT2D eigenvalue weighted by Crippen LogP contribution is -2.12. The van der Waals surface area contributed by atoms with Crippen molar-refractivity contribution in [2.24, 2.45) is 4.99 Å². The lowest BCUT2D eigenvalue weighted by atomic mass is 10.1. The third kappa shape index (κ3) is 5.36. The summed E-state index contributed by atoms with van der Waals surface area (Å²) >= 11 is 4.54. The predicted molar refractivity (Wildman–Crippen MR) is 114 cm³/mol. The van der Waals surface area contributed by atoms with Crippen LogP contribution in [0.15, 0.2) is 57.0 Å². The van der Waals surface area contributed by atoms with Crippen LogP contribution in [0, 0.1) is 0 Å². The van der Waals surface area contributed by atoms with E-state index in [-0.39, 0.29) is 12.1 Å². The van der Waals surface area contributed by atoms with Gasteiger partial charge in [-0.15, -0.1) is 11.8 Å². The summed E-state index contributed by atoms with van der Waals surface area (Å²) in [6, 6.07) is 9.65. The van der Waals surface area contributed by atoms with Crippen LogP contribution in [0.3, 0.4) is 0 Å².